The van der Waals surface area contributed by atoms with Gasteiger partial charge in [-0.2, -0.15) is 0 Å². The average Bonchev–Trinajstić information content (AvgIpc) is 2.25. The molecule has 5 heteroatoms. The van der Waals surface area contributed by atoms with Crippen LogP contribution in [0.15, 0.2) is 30.8 Å². The summed E-state index contributed by atoms with van der Waals surface area (Å²) in [7, 11) is 1.28. The van der Waals surface area contributed by atoms with Crippen molar-refractivity contribution >= 4 is 17.5 Å². The molecule has 15 heavy (non-hydrogen) atoms. The third-order valence-electron chi connectivity index (χ3n) is 1.74. The van der Waals surface area contributed by atoms with Gasteiger partial charge in [-0.05, 0) is 12.1 Å². The molecule has 0 saturated carbocycles. The number of hydrogen-bond acceptors (Lipinski definition) is 4. The zero-order valence-corrected chi connectivity index (χ0v) is 8.41. The number of carbonyl (C=O) groups excluding carboxylic acids is 1. The van der Waals surface area contributed by atoms with Gasteiger partial charge in [0.05, 0.1) is 12.8 Å². The molecule has 0 unspecified atom stereocenters. The lowest BCUT2D eigenvalue weighted by atomic mass is 10.1. The van der Waals surface area contributed by atoms with Crippen molar-refractivity contribution in [1.82, 2.24) is 10.9 Å². The second-order valence-electron chi connectivity index (χ2n) is 2.85. The molecule has 80 valence electrons. The molecule has 0 aliphatic rings. The van der Waals surface area contributed by atoms with Crippen LogP contribution in [0.25, 0.3) is 5.70 Å². The smallest absolute Gasteiger partial charge is 0.425 e. The number of nitrogens with one attached hydrogen (secondary N) is 2. The second kappa shape index (κ2) is 4.90. The lowest BCUT2D eigenvalue weighted by molar-refractivity contribution is 0.168. The highest BCUT2D eigenvalue weighted by molar-refractivity contribution is 5.70. The van der Waals surface area contributed by atoms with E-state index in [9.17, 15) is 4.79 Å². The van der Waals surface area contributed by atoms with Gasteiger partial charge >= 0.3 is 6.09 Å². The molecule has 1 rings (SSSR count). The lowest BCUT2D eigenvalue weighted by Crippen LogP contribution is -2.35. The predicted octanol–water partition coefficient (Wildman–Crippen LogP) is 1.10. The molecular weight excluding hydrogens is 194 g/mol. The van der Waals surface area contributed by atoms with Gasteiger partial charge in [0, 0.05) is 11.3 Å². The van der Waals surface area contributed by atoms with Crippen molar-refractivity contribution in [3.05, 3.63) is 36.4 Å². The van der Waals surface area contributed by atoms with Crippen LogP contribution in [0.5, 0.6) is 0 Å². The van der Waals surface area contributed by atoms with Crippen LogP contribution in [0, 0.1) is 0 Å². The van der Waals surface area contributed by atoms with Crippen LogP contribution >= 0.6 is 0 Å². The number of carbonyl (C=O) groups is 1. The minimum atomic E-state index is -0.583. The number of benzene rings is 1. The molecule has 0 atom stereocenters. The summed E-state index contributed by atoms with van der Waals surface area (Å²) in [5.74, 6) is 0. The molecule has 1 aromatic rings. The summed E-state index contributed by atoms with van der Waals surface area (Å²) in [6.07, 6.45) is -0.583. The number of hydrogen-bond donors (Lipinski definition) is 3. The molecule has 0 heterocycles. The third-order valence-corrected chi connectivity index (χ3v) is 1.74. The van der Waals surface area contributed by atoms with E-state index in [4.69, 9.17) is 5.73 Å². The van der Waals surface area contributed by atoms with Gasteiger partial charge in [0.2, 0.25) is 0 Å². The molecule has 4 N–H and O–H groups in total. The third kappa shape index (κ3) is 3.22. The largest absolute Gasteiger partial charge is 0.452 e. The Morgan fingerprint density at radius 1 is 1.47 bits per heavy atom. The lowest BCUT2D eigenvalue weighted by Gasteiger charge is -2.10. The SMILES string of the molecule is C=C(NNC(=O)OC)c1cccc(N)c1. The summed E-state index contributed by atoms with van der Waals surface area (Å²) in [5.41, 5.74) is 12.5. The predicted molar refractivity (Wildman–Crippen MR) is 58.6 cm³/mol. The quantitative estimate of drug-likeness (QED) is 0.512. The average molecular weight is 207 g/mol. The minimum absolute atomic E-state index is 0.535. The molecule has 0 radical (unpaired) electrons. The molecule has 1 aromatic carbocycles. The molecule has 0 spiro atoms. The second-order valence-corrected chi connectivity index (χ2v) is 2.85. The fourth-order valence-corrected chi connectivity index (χ4v) is 0.976. The first-order valence-electron chi connectivity index (χ1n) is 4.28. The monoisotopic (exact) mass is 207 g/mol. The molecule has 0 aliphatic carbocycles. The van der Waals surface area contributed by atoms with Crippen molar-refractivity contribution in [2.45, 2.75) is 0 Å². The highest BCUT2D eigenvalue weighted by atomic mass is 16.5. The molecule has 0 bridgehead atoms. The topological polar surface area (TPSA) is 76.4 Å². The Balaban J connectivity index is 2.58. The highest BCUT2D eigenvalue weighted by Crippen LogP contribution is 2.12. The molecule has 0 saturated heterocycles. The van der Waals surface area contributed by atoms with Gasteiger partial charge < -0.3 is 10.5 Å². The van der Waals surface area contributed by atoms with Crippen molar-refractivity contribution in [3.8, 4) is 0 Å². The first kappa shape index (κ1) is 10.9. The fourth-order valence-electron chi connectivity index (χ4n) is 0.976. The van der Waals surface area contributed by atoms with Crippen LogP contribution in [0.2, 0.25) is 0 Å². The Hall–Kier alpha value is -2.17. The van der Waals surface area contributed by atoms with Gasteiger partial charge in [0.15, 0.2) is 0 Å². The van der Waals surface area contributed by atoms with Gasteiger partial charge in [-0.3, -0.25) is 5.43 Å². The maximum absolute atomic E-state index is 10.8. The maximum Gasteiger partial charge on any atom is 0.425 e. The Morgan fingerprint density at radius 2 is 2.20 bits per heavy atom. The van der Waals surface area contributed by atoms with E-state index in [0.717, 1.165) is 5.56 Å². The van der Waals surface area contributed by atoms with Gasteiger partial charge in [-0.1, -0.05) is 18.7 Å². The number of nitrogen functional groups attached to an aromatic ring is 1. The number of rotatable bonds is 3. The summed E-state index contributed by atoms with van der Waals surface area (Å²) in [4.78, 5) is 10.8. The van der Waals surface area contributed by atoms with Crippen LogP contribution in [0.3, 0.4) is 0 Å². The Kier molecular flexibility index (Phi) is 3.56. The van der Waals surface area contributed by atoms with Crippen LogP contribution in [-0.4, -0.2) is 13.2 Å². The van der Waals surface area contributed by atoms with Crippen LogP contribution in [0.4, 0.5) is 10.5 Å². The zero-order chi connectivity index (χ0) is 11.3. The molecule has 0 aliphatic heterocycles. The summed E-state index contributed by atoms with van der Waals surface area (Å²) >= 11 is 0. The normalized spacial score (nSPS) is 9.13. The van der Waals surface area contributed by atoms with Crippen LogP contribution in [0.1, 0.15) is 5.56 Å². The first-order chi connectivity index (χ1) is 7.13. The van der Waals surface area contributed by atoms with Crippen molar-refractivity contribution in [3.63, 3.8) is 0 Å². The standard InChI is InChI=1S/C10H13N3O2/c1-7(12-13-10(14)15-2)8-4-3-5-9(11)6-8/h3-6,12H,1,11H2,2H3,(H,13,14). The van der Waals surface area contributed by atoms with Crippen molar-refractivity contribution in [2.75, 3.05) is 12.8 Å². The highest BCUT2D eigenvalue weighted by Gasteiger charge is 2.01. The van der Waals surface area contributed by atoms with E-state index in [2.05, 4.69) is 22.2 Å². The number of anilines is 1. The number of hydrazine groups is 1. The van der Waals surface area contributed by atoms with Crippen molar-refractivity contribution in [2.24, 2.45) is 0 Å². The fraction of sp³-hybridized carbons (Fsp3) is 0.100. The van der Waals surface area contributed by atoms with E-state index in [0.29, 0.717) is 11.4 Å². The van der Waals surface area contributed by atoms with E-state index >= 15 is 0 Å². The van der Waals surface area contributed by atoms with Crippen LogP contribution in [-0.2, 0) is 4.74 Å². The minimum Gasteiger partial charge on any atom is -0.452 e. The van der Waals surface area contributed by atoms with Crippen molar-refractivity contribution in [1.29, 1.82) is 0 Å². The van der Waals surface area contributed by atoms with E-state index in [1.807, 2.05) is 6.07 Å². The van der Waals surface area contributed by atoms with E-state index in [1.165, 1.54) is 7.11 Å². The summed E-state index contributed by atoms with van der Waals surface area (Å²) in [6, 6.07) is 7.14. The summed E-state index contributed by atoms with van der Waals surface area (Å²) < 4.78 is 4.38. The molecule has 0 aromatic heterocycles. The van der Waals surface area contributed by atoms with E-state index in [1.54, 1.807) is 18.2 Å². The number of ether oxygens (including phenoxy) is 1. The zero-order valence-electron chi connectivity index (χ0n) is 8.41. The van der Waals surface area contributed by atoms with Crippen molar-refractivity contribution < 1.29 is 9.53 Å². The number of nitrogens with two attached hydrogens (primary N) is 1. The molecule has 0 fully saturated rings. The first-order valence-corrected chi connectivity index (χ1v) is 4.28. The number of amides is 1. The molecular formula is C10H13N3O2. The Morgan fingerprint density at radius 3 is 2.80 bits per heavy atom. The van der Waals surface area contributed by atoms with Gasteiger partial charge in [0.25, 0.3) is 0 Å². The van der Waals surface area contributed by atoms with Gasteiger partial charge in [-0.15, -0.1) is 0 Å². The molecule has 1 amide bonds. The van der Waals surface area contributed by atoms with E-state index in [-0.39, 0.29) is 0 Å². The summed E-state index contributed by atoms with van der Waals surface area (Å²) in [5, 5.41) is 0. The van der Waals surface area contributed by atoms with Gasteiger partial charge in [-0.25, -0.2) is 10.2 Å². The maximum atomic E-state index is 10.8. The summed E-state index contributed by atoms with van der Waals surface area (Å²) in [6.45, 7) is 3.74. The van der Waals surface area contributed by atoms with E-state index < -0.39 is 6.09 Å². The Labute approximate surface area is 87.9 Å². The Bertz CT molecular complexity index is 377. The number of methoxy groups -OCH3 is 1. The van der Waals surface area contributed by atoms with Crippen LogP contribution < -0.4 is 16.6 Å². The molecule has 5 nitrogen and oxygen atoms in total. The van der Waals surface area contributed by atoms with Gasteiger partial charge in [0.1, 0.15) is 0 Å².